The zero-order valence-corrected chi connectivity index (χ0v) is 34.3. The number of rotatable bonds is 37. The summed E-state index contributed by atoms with van der Waals surface area (Å²) >= 11 is 0. The molecule has 0 aromatic carbocycles. The molecule has 0 bridgehead atoms. The number of allylic oxidation sites excluding steroid dienone is 2. The molecule has 6 N–H and O–H groups in total. The van der Waals surface area contributed by atoms with Crippen molar-refractivity contribution in [2.24, 2.45) is 0 Å². The second-order valence-electron chi connectivity index (χ2n) is 15.8. The van der Waals surface area contributed by atoms with E-state index in [1.54, 1.807) is 0 Å². The van der Waals surface area contributed by atoms with Gasteiger partial charge in [0.15, 0.2) is 6.29 Å². The molecule has 2 unspecified atom stereocenters. The highest BCUT2D eigenvalue weighted by atomic mass is 16.7. The van der Waals surface area contributed by atoms with Gasteiger partial charge in [-0.15, -0.1) is 0 Å². The van der Waals surface area contributed by atoms with E-state index in [-0.39, 0.29) is 12.5 Å². The van der Waals surface area contributed by atoms with E-state index >= 15 is 0 Å². The van der Waals surface area contributed by atoms with Gasteiger partial charge in [-0.25, -0.2) is 0 Å². The Bertz CT molecular complexity index is 842. The van der Waals surface area contributed by atoms with Crippen LogP contribution < -0.4 is 5.32 Å². The van der Waals surface area contributed by atoms with Crippen LogP contribution in [0.25, 0.3) is 0 Å². The molecule has 9 nitrogen and oxygen atoms in total. The maximum Gasteiger partial charge on any atom is 0.220 e. The van der Waals surface area contributed by atoms with Gasteiger partial charge in [0.25, 0.3) is 0 Å². The van der Waals surface area contributed by atoms with Crippen LogP contribution in [0.2, 0.25) is 0 Å². The molecule has 1 aliphatic rings. The molecule has 1 fully saturated rings. The van der Waals surface area contributed by atoms with E-state index in [9.17, 15) is 30.3 Å². The minimum Gasteiger partial charge on any atom is -0.394 e. The van der Waals surface area contributed by atoms with E-state index in [1.807, 2.05) is 0 Å². The molecule has 1 rings (SSSR count). The molecule has 1 amide bonds. The first-order valence-corrected chi connectivity index (χ1v) is 22.4. The molecule has 0 aromatic rings. The van der Waals surface area contributed by atoms with Gasteiger partial charge in [-0.1, -0.05) is 174 Å². The summed E-state index contributed by atoms with van der Waals surface area (Å²) < 4.78 is 11.2. The Hall–Kier alpha value is -1.07. The molecule has 314 valence electrons. The molecule has 0 radical (unpaired) electrons. The topological polar surface area (TPSA) is 149 Å². The lowest BCUT2D eigenvalue weighted by Gasteiger charge is -2.40. The third-order valence-electron chi connectivity index (χ3n) is 10.9. The average Bonchev–Trinajstić information content (AvgIpc) is 3.16. The fourth-order valence-electron chi connectivity index (χ4n) is 7.21. The van der Waals surface area contributed by atoms with E-state index in [1.165, 1.54) is 135 Å². The number of ether oxygens (including phenoxy) is 2. The van der Waals surface area contributed by atoms with Gasteiger partial charge in [0.1, 0.15) is 24.4 Å². The van der Waals surface area contributed by atoms with Gasteiger partial charge in [0.2, 0.25) is 5.91 Å². The van der Waals surface area contributed by atoms with Crippen LogP contribution in [0, 0.1) is 0 Å². The number of carbonyl (C=O) groups is 1. The third-order valence-corrected chi connectivity index (χ3v) is 10.9. The molecular weight excluding hydrogens is 670 g/mol. The normalized spacial score (nSPS) is 21.7. The molecule has 0 spiro atoms. The minimum absolute atomic E-state index is 0.146. The Labute approximate surface area is 325 Å². The maximum atomic E-state index is 12.9. The average molecular weight is 756 g/mol. The van der Waals surface area contributed by atoms with Gasteiger partial charge in [0, 0.05) is 6.42 Å². The van der Waals surface area contributed by atoms with E-state index in [4.69, 9.17) is 9.47 Å². The molecule has 0 aliphatic carbocycles. The number of hydrogen-bond donors (Lipinski definition) is 6. The first kappa shape index (κ1) is 49.9. The van der Waals surface area contributed by atoms with E-state index in [2.05, 4.69) is 31.3 Å². The van der Waals surface area contributed by atoms with Crippen LogP contribution in [0.3, 0.4) is 0 Å². The number of unbranched alkanes of at least 4 members (excludes halogenated alkanes) is 25. The molecule has 1 aliphatic heterocycles. The van der Waals surface area contributed by atoms with Crippen LogP contribution in [-0.4, -0.2) is 87.5 Å². The number of carbonyl (C=O) groups excluding carboxylic acids is 1. The van der Waals surface area contributed by atoms with E-state index < -0.39 is 49.5 Å². The fourth-order valence-corrected chi connectivity index (χ4v) is 7.21. The Morgan fingerprint density at radius 1 is 0.623 bits per heavy atom. The van der Waals surface area contributed by atoms with Crippen molar-refractivity contribution in [3.05, 3.63) is 12.2 Å². The fraction of sp³-hybridized carbons (Fsp3) is 0.932. The van der Waals surface area contributed by atoms with Crippen molar-refractivity contribution in [2.45, 2.75) is 249 Å². The smallest absolute Gasteiger partial charge is 0.220 e. The van der Waals surface area contributed by atoms with Crippen LogP contribution >= 0.6 is 0 Å². The predicted molar refractivity (Wildman–Crippen MR) is 217 cm³/mol. The molecule has 53 heavy (non-hydrogen) atoms. The van der Waals surface area contributed by atoms with Gasteiger partial charge < -0.3 is 40.3 Å². The Morgan fingerprint density at radius 3 is 1.53 bits per heavy atom. The van der Waals surface area contributed by atoms with Crippen LogP contribution in [0.4, 0.5) is 0 Å². The molecule has 9 heteroatoms. The summed E-state index contributed by atoms with van der Waals surface area (Å²) in [6.07, 6.45) is 32.2. The van der Waals surface area contributed by atoms with E-state index in [0.717, 1.165) is 44.9 Å². The van der Waals surface area contributed by atoms with Crippen molar-refractivity contribution in [3.63, 3.8) is 0 Å². The molecule has 1 heterocycles. The standard InChI is InChI=1S/C44H85NO8/c1-3-5-7-9-11-13-15-17-18-19-20-22-23-25-27-29-31-33-38(47)37(36-52-44-43(51)42(50)41(49)39(35-46)53-44)45-40(48)34-32-30-28-26-24-21-16-14-12-10-8-6-4-2/h23,25,37-39,41-44,46-47,49-51H,3-22,24,26-36H2,1-2H3,(H,45,48)/b25-23+/t37-,38+,39+,41+,42?,43?,44+/m0/s1. The first-order valence-electron chi connectivity index (χ1n) is 22.4. The zero-order valence-electron chi connectivity index (χ0n) is 34.3. The zero-order chi connectivity index (χ0) is 38.8. The summed E-state index contributed by atoms with van der Waals surface area (Å²) in [5, 5.41) is 54.2. The van der Waals surface area contributed by atoms with Crippen LogP contribution in [0.1, 0.15) is 206 Å². The van der Waals surface area contributed by atoms with Gasteiger partial charge in [-0.05, 0) is 38.5 Å². The van der Waals surface area contributed by atoms with Crippen molar-refractivity contribution >= 4 is 5.91 Å². The van der Waals surface area contributed by atoms with Gasteiger partial charge in [-0.3, -0.25) is 4.79 Å². The highest BCUT2D eigenvalue weighted by molar-refractivity contribution is 5.76. The lowest BCUT2D eigenvalue weighted by Crippen LogP contribution is -2.60. The highest BCUT2D eigenvalue weighted by Gasteiger charge is 2.44. The van der Waals surface area contributed by atoms with Crippen molar-refractivity contribution < 1.29 is 39.8 Å². The minimum atomic E-state index is -1.55. The van der Waals surface area contributed by atoms with Crippen molar-refractivity contribution in [1.82, 2.24) is 5.32 Å². The van der Waals surface area contributed by atoms with Gasteiger partial charge in [0.05, 0.1) is 25.4 Å². The number of nitrogens with one attached hydrogen (secondary N) is 1. The van der Waals surface area contributed by atoms with Gasteiger partial charge >= 0.3 is 0 Å². The SMILES string of the molecule is CCCCCCCCCCCCC/C=C/CCCC[C@@H](O)[C@H](CO[C@@H]1O[C@H](CO)[C@@H](O)C(O)C1O)NC(=O)CCCCCCCCCCCCCCC. The first-order chi connectivity index (χ1) is 25.8. The monoisotopic (exact) mass is 756 g/mol. The summed E-state index contributed by atoms with van der Waals surface area (Å²) in [5.74, 6) is -0.153. The van der Waals surface area contributed by atoms with E-state index in [0.29, 0.717) is 12.8 Å². The second kappa shape index (κ2) is 35.4. The lowest BCUT2D eigenvalue weighted by molar-refractivity contribution is -0.302. The Balaban J connectivity index is 2.36. The number of aliphatic hydroxyl groups excluding tert-OH is 5. The highest BCUT2D eigenvalue weighted by Crippen LogP contribution is 2.23. The summed E-state index contributed by atoms with van der Waals surface area (Å²) in [4.78, 5) is 12.9. The molecule has 0 aromatic heterocycles. The van der Waals surface area contributed by atoms with Crippen molar-refractivity contribution in [2.75, 3.05) is 13.2 Å². The Kier molecular flexibility index (Phi) is 33.3. The predicted octanol–water partition coefficient (Wildman–Crippen LogP) is 8.95. The summed E-state index contributed by atoms with van der Waals surface area (Å²) in [6.45, 7) is 3.82. The maximum absolute atomic E-state index is 12.9. The molecular formula is C44H85NO8. The molecule has 7 atom stereocenters. The van der Waals surface area contributed by atoms with Gasteiger partial charge in [-0.2, -0.15) is 0 Å². The summed E-state index contributed by atoms with van der Waals surface area (Å²) in [6, 6.07) is -0.728. The largest absolute Gasteiger partial charge is 0.394 e. The third kappa shape index (κ3) is 26.4. The second-order valence-corrected chi connectivity index (χ2v) is 15.8. The van der Waals surface area contributed by atoms with Crippen LogP contribution in [-0.2, 0) is 14.3 Å². The summed E-state index contributed by atoms with van der Waals surface area (Å²) in [7, 11) is 0. The summed E-state index contributed by atoms with van der Waals surface area (Å²) in [5.41, 5.74) is 0. The Morgan fingerprint density at radius 2 is 1.06 bits per heavy atom. The number of aliphatic hydroxyl groups is 5. The molecule has 0 saturated carbocycles. The van der Waals surface area contributed by atoms with Crippen molar-refractivity contribution in [3.8, 4) is 0 Å². The van der Waals surface area contributed by atoms with Crippen LogP contribution in [0.15, 0.2) is 12.2 Å². The number of amides is 1. The number of hydrogen-bond acceptors (Lipinski definition) is 8. The van der Waals surface area contributed by atoms with Crippen molar-refractivity contribution in [1.29, 1.82) is 0 Å². The molecule has 1 saturated heterocycles. The van der Waals surface area contributed by atoms with Crippen LogP contribution in [0.5, 0.6) is 0 Å². The quantitative estimate of drug-likeness (QED) is 0.0272. The lowest BCUT2D eigenvalue weighted by atomic mass is 9.99.